The van der Waals surface area contributed by atoms with Gasteiger partial charge >= 0.3 is 11.9 Å². The first kappa shape index (κ1) is 23.8. The molecule has 0 aromatic rings. The van der Waals surface area contributed by atoms with Crippen LogP contribution in [0.2, 0.25) is 0 Å². The fourth-order valence-electron chi connectivity index (χ4n) is 7.82. The molecular weight excluding hydrogens is 427 g/mol. The molecule has 6 nitrogen and oxygen atoms in total. The summed E-state index contributed by atoms with van der Waals surface area (Å²) in [6.07, 6.45) is 5.52. The van der Waals surface area contributed by atoms with Crippen molar-refractivity contribution >= 4 is 23.5 Å². The number of allylic oxidation sites excluding steroid dienone is 4. The second-order valence-corrected chi connectivity index (χ2v) is 10.9. The van der Waals surface area contributed by atoms with Crippen LogP contribution in [0.1, 0.15) is 60.3 Å². The number of hydrogen-bond donors (Lipinski definition) is 0. The van der Waals surface area contributed by atoms with E-state index < -0.39 is 46.4 Å². The number of ether oxygens (including phenoxy) is 2. The fraction of sp³-hybridized carbons (Fsp3) is 0.692. The summed E-state index contributed by atoms with van der Waals surface area (Å²) in [5.74, 6) is -2.37. The number of Topliss-reactive ketones (excluding diaryl/α,β-unsaturated/α-hetero) is 1. The van der Waals surface area contributed by atoms with Gasteiger partial charge in [-0.3, -0.25) is 19.2 Å². The largest absolute Gasteiger partial charge is 0.459 e. The van der Waals surface area contributed by atoms with Crippen LogP contribution in [-0.4, -0.2) is 41.9 Å². The fourth-order valence-corrected chi connectivity index (χ4v) is 7.82. The molecule has 0 saturated heterocycles. The minimum Gasteiger partial charge on any atom is -0.459 e. The molecule has 0 aromatic heterocycles. The van der Waals surface area contributed by atoms with E-state index in [4.69, 9.17) is 9.47 Å². The van der Waals surface area contributed by atoms with Crippen LogP contribution in [0.5, 0.6) is 0 Å². The van der Waals surface area contributed by atoms with Crippen LogP contribution < -0.4 is 0 Å². The molecular formula is C26H33FO6. The van der Waals surface area contributed by atoms with Gasteiger partial charge in [0.15, 0.2) is 17.2 Å². The Bertz CT molecular complexity index is 968. The van der Waals surface area contributed by atoms with Gasteiger partial charge < -0.3 is 9.47 Å². The van der Waals surface area contributed by atoms with Crippen molar-refractivity contribution in [2.24, 2.45) is 34.5 Å². The van der Waals surface area contributed by atoms with E-state index in [1.165, 1.54) is 26.0 Å². The molecule has 0 aromatic carbocycles. The zero-order valence-corrected chi connectivity index (χ0v) is 20.0. The molecule has 0 radical (unpaired) electrons. The highest BCUT2D eigenvalue weighted by molar-refractivity contribution is 6.01. The topological polar surface area (TPSA) is 86.7 Å². The monoisotopic (exact) mass is 460 g/mol. The van der Waals surface area contributed by atoms with E-state index in [0.29, 0.717) is 19.3 Å². The van der Waals surface area contributed by atoms with Crippen molar-refractivity contribution < 1.29 is 33.0 Å². The van der Waals surface area contributed by atoms with Gasteiger partial charge in [0, 0.05) is 31.1 Å². The van der Waals surface area contributed by atoms with Gasteiger partial charge in [0.25, 0.3) is 0 Å². The Hall–Kier alpha value is -2.31. The first-order valence-electron chi connectivity index (χ1n) is 11.8. The van der Waals surface area contributed by atoms with E-state index in [-0.39, 0.29) is 36.4 Å². The molecule has 4 aliphatic carbocycles. The minimum absolute atomic E-state index is 0.0170. The van der Waals surface area contributed by atoms with Gasteiger partial charge in [0.1, 0.15) is 12.7 Å². The van der Waals surface area contributed by atoms with Gasteiger partial charge in [-0.05, 0) is 62.0 Å². The maximum absolute atomic E-state index is 17.6. The number of ketones is 2. The van der Waals surface area contributed by atoms with Crippen LogP contribution in [-0.2, 0) is 28.7 Å². The van der Waals surface area contributed by atoms with E-state index in [0.717, 1.165) is 5.57 Å². The van der Waals surface area contributed by atoms with Gasteiger partial charge in [-0.25, -0.2) is 4.39 Å². The summed E-state index contributed by atoms with van der Waals surface area (Å²) in [7, 11) is 0. The SMILES string of the molecule is CC(=O)OCC(=O)C1C(C)CC2C3CCC4=CC(=O)C=CC4(C)C3(F)C(OC(C)=O)CC21C. The first-order chi connectivity index (χ1) is 15.3. The van der Waals surface area contributed by atoms with Gasteiger partial charge in [0.2, 0.25) is 0 Å². The Morgan fingerprint density at radius 2 is 1.85 bits per heavy atom. The predicted molar refractivity (Wildman–Crippen MR) is 118 cm³/mol. The summed E-state index contributed by atoms with van der Waals surface area (Å²) in [5.41, 5.74) is -2.81. The van der Waals surface area contributed by atoms with Crippen molar-refractivity contribution in [2.75, 3.05) is 6.61 Å². The maximum atomic E-state index is 17.6. The lowest BCUT2D eigenvalue weighted by Gasteiger charge is -2.62. The Morgan fingerprint density at radius 3 is 2.48 bits per heavy atom. The van der Waals surface area contributed by atoms with Gasteiger partial charge in [-0.2, -0.15) is 0 Å². The molecule has 4 aliphatic rings. The molecule has 0 N–H and O–H groups in total. The summed E-state index contributed by atoms with van der Waals surface area (Å²) in [6, 6.07) is 0. The second kappa shape index (κ2) is 7.88. The molecule has 0 bridgehead atoms. The average Bonchev–Trinajstić information content (AvgIpc) is 2.97. The summed E-state index contributed by atoms with van der Waals surface area (Å²) in [6.45, 7) is 8.04. The number of alkyl halides is 1. The Kier molecular flexibility index (Phi) is 5.69. The van der Waals surface area contributed by atoms with Crippen LogP contribution in [0.15, 0.2) is 23.8 Å². The van der Waals surface area contributed by atoms with E-state index in [9.17, 15) is 19.2 Å². The van der Waals surface area contributed by atoms with Gasteiger partial charge in [-0.15, -0.1) is 0 Å². The van der Waals surface area contributed by atoms with Gasteiger partial charge in [0.05, 0.1) is 0 Å². The van der Waals surface area contributed by atoms with E-state index in [2.05, 4.69) is 0 Å². The highest BCUT2D eigenvalue weighted by Gasteiger charge is 2.72. The summed E-state index contributed by atoms with van der Waals surface area (Å²) in [5, 5.41) is 0. The van der Waals surface area contributed by atoms with Gasteiger partial charge in [-0.1, -0.05) is 25.5 Å². The smallest absolute Gasteiger partial charge is 0.303 e. The van der Waals surface area contributed by atoms with Crippen LogP contribution >= 0.6 is 0 Å². The molecule has 0 heterocycles. The predicted octanol–water partition coefficient (Wildman–Crippen LogP) is 3.92. The van der Waals surface area contributed by atoms with Crippen LogP contribution in [0.4, 0.5) is 4.39 Å². The molecule has 0 amide bonds. The van der Waals surface area contributed by atoms with Crippen molar-refractivity contribution in [1.29, 1.82) is 0 Å². The summed E-state index contributed by atoms with van der Waals surface area (Å²) in [4.78, 5) is 48.6. The van der Waals surface area contributed by atoms with E-state index in [1.807, 2.05) is 13.8 Å². The van der Waals surface area contributed by atoms with Crippen LogP contribution in [0, 0.1) is 34.5 Å². The molecule has 0 spiro atoms. The molecule has 8 unspecified atom stereocenters. The Balaban J connectivity index is 1.78. The summed E-state index contributed by atoms with van der Waals surface area (Å²) >= 11 is 0. The standard InChI is InChI=1S/C26H33FO6/c1-14-10-20-19-7-6-17-11-18(30)8-9-25(17,5)26(19,27)22(33-16(3)29)12-24(20,4)23(14)21(31)13-32-15(2)28/h8-9,11,14,19-20,22-23H,6-7,10,12-13H2,1-5H3. The first-order valence-corrected chi connectivity index (χ1v) is 11.8. The lowest BCUT2D eigenvalue weighted by molar-refractivity contribution is -0.213. The number of halogens is 1. The third-order valence-electron chi connectivity index (χ3n) is 9.03. The minimum atomic E-state index is -1.89. The van der Waals surface area contributed by atoms with Crippen LogP contribution in [0.25, 0.3) is 0 Å². The Morgan fingerprint density at radius 1 is 1.15 bits per heavy atom. The highest BCUT2D eigenvalue weighted by Crippen LogP contribution is 2.70. The van der Waals surface area contributed by atoms with Crippen molar-refractivity contribution in [3.05, 3.63) is 23.8 Å². The average molecular weight is 461 g/mol. The molecule has 3 fully saturated rings. The van der Waals surface area contributed by atoms with E-state index in [1.54, 1.807) is 13.0 Å². The van der Waals surface area contributed by atoms with Crippen molar-refractivity contribution in [3.63, 3.8) is 0 Å². The quantitative estimate of drug-likeness (QED) is 0.591. The normalized spacial score (nSPS) is 43.6. The molecule has 8 atom stereocenters. The zero-order valence-electron chi connectivity index (χ0n) is 20.0. The van der Waals surface area contributed by atoms with Crippen molar-refractivity contribution in [2.45, 2.75) is 72.1 Å². The number of esters is 2. The molecule has 4 rings (SSSR count). The van der Waals surface area contributed by atoms with Crippen molar-refractivity contribution in [3.8, 4) is 0 Å². The second-order valence-electron chi connectivity index (χ2n) is 10.9. The van der Waals surface area contributed by atoms with Crippen LogP contribution in [0.3, 0.4) is 0 Å². The highest BCUT2D eigenvalue weighted by atomic mass is 19.1. The molecule has 33 heavy (non-hydrogen) atoms. The number of carbonyl (C=O) groups excluding carboxylic acids is 4. The molecule has 7 heteroatoms. The van der Waals surface area contributed by atoms with Crippen molar-refractivity contribution in [1.82, 2.24) is 0 Å². The van der Waals surface area contributed by atoms with E-state index >= 15 is 4.39 Å². The number of hydrogen-bond acceptors (Lipinski definition) is 6. The maximum Gasteiger partial charge on any atom is 0.303 e. The molecule has 3 saturated carbocycles. The lowest BCUT2D eigenvalue weighted by Crippen LogP contribution is -2.67. The zero-order chi connectivity index (χ0) is 24.3. The lowest BCUT2D eigenvalue weighted by atomic mass is 9.45. The molecule has 0 aliphatic heterocycles. The molecule has 180 valence electrons. The number of rotatable bonds is 4. The Labute approximate surface area is 193 Å². The summed E-state index contributed by atoms with van der Waals surface area (Å²) < 4.78 is 28.3. The third-order valence-corrected chi connectivity index (χ3v) is 9.03. The number of carbonyl (C=O) groups is 4. The number of fused-ring (bicyclic) bond motifs is 5. The third kappa shape index (κ3) is 3.41.